The summed E-state index contributed by atoms with van der Waals surface area (Å²) in [6.45, 7) is 9.27. The van der Waals surface area contributed by atoms with E-state index in [9.17, 15) is 14.7 Å². The molecule has 1 amide bonds. The Kier molecular flexibility index (Phi) is 16.4. The lowest BCUT2D eigenvalue weighted by Crippen LogP contribution is -2.16. The molecule has 0 fully saturated rings. The van der Waals surface area contributed by atoms with Gasteiger partial charge in [0.25, 0.3) is 5.91 Å². The molecule has 0 bridgehead atoms. The highest BCUT2D eigenvalue weighted by molar-refractivity contribution is 5.94. The third-order valence-electron chi connectivity index (χ3n) is 4.24. The van der Waals surface area contributed by atoms with E-state index in [2.05, 4.69) is 18.8 Å². The van der Waals surface area contributed by atoms with Crippen LogP contribution in [0.2, 0.25) is 0 Å². The van der Waals surface area contributed by atoms with Gasteiger partial charge in [-0.15, -0.1) is 0 Å². The number of amides is 1. The zero-order valence-corrected chi connectivity index (χ0v) is 21.0. The summed E-state index contributed by atoms with van der Waals surface area (Å²) in [5, 5.41) is 9.27. The van der Waals surface area contributed by atoms with Crippen molar-refractivity contribution in [1.82, 2.24) is 4.98 Å². The maximum atomic E-state index is 10.8. The summed E-state index contributed by atoms with van der Waals surface area (Å²) < 4.78 is 20.0. The molecule has 0 spiro atoms. The van der Waals surface area contributed by atoms with Crippen molar-refractivity contribution in [2.24, 2.45) is 5.73 Å². The largest absolute Gasteiger partial charge is 0.503 e. The second-order valence-electron chi connectivity index (χ2n) is 7.15. The van der Waals surface area contributed by atoms with Crippen molar-refractivity contribution >= 4 is 11.9 Å². The standard InChI is InChI=1S/C10H20O3.C8H10O.C7H8N2O3/c1-4-7-12-8-6-9(3)13-10(11)5-2;1-7-3-5-8(9-2)6-4-7;1-12-4-2-3-9-5(6(4)10)7(8)11/h9H,4-8H2,1-3H3;3-6H,1-2H3;2-3,10H,1H3,(H2,8,11). The normalized spacial score (nSPS) is 10.5. The average Bonchev–Trinajstić information content (AvgIpc) is 2.83. The van der Waals surface area contributed by atoms with Crippen molar-refractivity contribution in [3.63, 3.8) is 0 Å². The van der Waals surface area contributed by atoms with E-state index in [4.69, 9.17) is 24.7 Å². The number of hydrogen-bond acceptors (Lipinski definition) is 8. The van der Waals surface area contributed by atoms with E-state index in [0.29, 0.717) is 13.0 Å². The molecule has 1 unspecified atom stereocenters. The summed E-state index contributed by atoms with van der Waals surface area (Å²) in [7, 11) is 3.05. The van der Waals surface area contributed by atoms with Crippen LogP contribution in [0.5, 0.6) is 17.2 Å². The number of aromatic hydroxyl groups is 1. The Bertz CT molecular complexity index is 842. The fourth-order valence-electron chi connectivity index (χ4n) is 2.32. The van der Waals surface area contributed by atoms with E-state index in [0.717, 1.165) is 25.2 Å². The minimum atomic E-state index is -0.786. The Morgan fingerprint density at radius 3 is 2.21 bits per heavy atom. The highest BCUT2D eigenvalue weighted by Gasteiger charge is 2.12. The van der Waals surface area contributed by atoms with Crippen molar-refractivity contribution in [3.05, 3.63) is 47.8 Å². The molecule has 0 radical (unpaired) electrons. The van der Waals surface area contributed by atoms with Gasteiger partial charge in [0.2, 0.25) is 0 Å². The summed E-state index contributed by atoms with van der Waals surface area (Å²) in [6, 6.07) is 9.39. The van der Waals surface area contributed by atoms with Gasteiger partial charge in [0.1, 0.15) is 11.9 Å². The Hall–Kier alpha value is -3.33. The first-order valence-electron chi connectivity index (χ1n) is 11.1. The predicted octanol–water partition coefficient (Wildman–Crippen LogP) is 4.04. The van der Waals surface area contributed by atoms with Crippen molar-refractivity contribution in [2.45, 2.75) is 53.1 Å². The maximum Gasteiger partial charge on any atom is 0.305 e. The predicted molar refractivity (Wildman–Crippen MR) is 130 cm³/mol. The number of benzene rings is 1. The van der Waals surface area contributed by atoms with Crippen LogP contribution in [0.15, 0.2) is 36.5 Å². The van der Waals surface area contributed by atoms with Crippen LogP contribution < -0.4 is 15.2 Å². The van der Waals surface area contributed by atoms with Crippen LogP contribution in [0.1, 0.15) is 56.1 Å². The minimum absolute atomic E-state index is 0.0238. The Balaban J connectivity index is 0.000000487. The lowest BCUT2D eigenvalue weighted by atomic mass is 10.2. The van der Waals surface area contributed by atoms with E-state index < -0.39 is 5.91 Å². The molecule has 0 aliphatic carbocycles. The number of hydrogen-bond donors (Lipinski definition) is 2. The lowest BCUT2D eigenvalue weighted by molar-refractivity contribution is -0.148. The molecule has 2 rings (SSSR count). The first-order valence-corrected chi connectivity index (χ1v) is 11.1. The van der Waals surface area contributed by atoms with Gasteiger partial charge in [-0.2, -0.15) is 0 Å². The van der Waals surface area contributed by atoms with Gasteiger partial charge < -0.3 is 29.8 Å². The fourth-order valence-corrected chi connectivity index (χ4v) is 2.32. The van der Waals surface area contributed by atoms with E-state index >= 15 is 0 Å². The molecule has 190 valence electrons. The van der Waals surface area contributed by atoms with Crippen LogP contribution in [0.3, 0.4) is 0 Å². The molecule has 9 nitrogen and oxygen atoms in total. The maximum absolute atomic E-state index is 10.8. The summed E-state index contributed by atoms with van der Waals surface area (Å²) in [5.74, 6) is -0.152. The molecule has 34 heavy (non-hydrogen) atoms. The molecule has 0 aliphatic heterocycles. The van der Waals surface area contributed by atoms with Crippen LogP contribution in [0, 0.1) is 6.92 Å². The minimum Gasteiger partial charge on any atom is -0.503 e. The number of primary amides is 1. The molecule has 0 saturated heterocycles. The van der Waals surface area contributed by atoms with Crippen molar-refractivity contribution in [1.29, 1.82) is 0 Å². The molecule has 3 N–H and O–H groups in total. The van der Waals surface area contributed by atoms with E-state index in [1.54, 1.807) is 14.0 Å². The number of nitrogens with zero attached hydrogens (tertiary/aromatic N) is 1. The van der Waals surface area contributed by atoms with Gasteiger partial charge in [0.05, 0.1) is 20.8 Å². The number of carbonyl (C=O) groups excluding carboxylic acids is 2. The first-order chi connectivity index (χ1) is 16.2. The van der Waals surface area contributed by atoms with Crippen LogP contribution in [0.25, 0.3) is 0 Å². The topological polar surface area (TPSA) is 130 Å². The number of ether oxygens (including phenoxy) is 4. The molecule has 1 aromatic carbocycles. The zero-order chi connectivity index (χ0) is 25.9. The number of esters is 1. The zero-order valence-electron chi connectivity index (χ0n) is 21.0. The van der Waals surface area contributed by atoms with E-state index in [1.807, 2.05) is 31.2 Å². The number of methoxy groups -OCH3 is 2. The van der Waals surface area contributed by atoms with Gasteiger partial charge in [-0.25, -0.2) is 4.98 Å². The summed E-state index contributed by atoms with van der Waals surface area (Å²) in [6.07, 6.45) is 3.57. The molecule has 1 heterocycles. The number of nitrogens with two attached hydrogens (primary N) is 1. The Morgan fingerprint density at radius 1 is 1.06 bits per heavy atom. The average molecular weight is 479 g/mol. The van der Waals surface area contributed by atoms with Crippen LogP contribution in [-0.4, -0.2) is 55.5 Å². The van der Waals surface area contributed by atoms with Crippen LogP contribution >= 0.6 is 0 Å². The quantitative estimate of drug-likeness (QED) is 0.386. The monoisotopic (exact) mass is 478 g/mol. The molecular weight excluding hydrogens is 440 g/mol. The van der Waals surface area contributed by atoms with E-state index in [1.165, 1.54) is 24.9 Å². The lowest BCUT2D eigenvalue weighted by Gasteiger charge is -2.12. The third-order valence-corrected chi connectivity index (χ3v) is 4.24. The van der Waals surface area contributed by atoms with Crippen molar-refractivity contribution < 1.29 is 33.6 Å². The molecule has 9 heteroatoms. The second-order valence-corrected chi connectivity index (χ2v) is 7.15. The first kappa shape index (κ1) is 30.7. The SMILES string of the molecule is CCCOCCC(C)OC(=O)CC.COc1ccc(C)cc1.COc1ccnc(C(N)=O)c1O. The molecular formula is C25H38N2O7. The van der Waals surface area contributed by atoms with Crippen LogP contribution in [0.4, 0.5) is 0 Å². The molecule has 0 saturated carbocycles. The Morgan fingerprint density at radius 2 is 1.71 bits per heavy atom. The van der Waals surface area contributed by atoms with Gasteiger partial charge in [-0.3, -0.25) is 9.59 Å². The van der Waals surface area contributed by atoms with Crippen LogP contribution in [-0.2, 0) is 14.3 Å². The highest BCUT2D eigenvalue weighted by Crippen LogP contribution is 2.26. The Labute approximate surface area is 202 Å². The third kappa shape index (κ3) is 13.3. The second kappa shape index (κ2) is 18.1. The highest BCUT2D eigenvalue weighted by atomic mass is 16.5. The smallest absolute Gasteiger partial charge is 0.305 e. The molecule has 2 aromatic rings. The van der Waals surface area contributed by atoms with Gasteiger partial charge in [-0.05, 0) is 32.4 Å². The van der Waals surface area contributed by atoms with E-state index in [-0.39, 0.29) is 29.3 Å². The number of rotatable bonds is 10. The summed E-state index contributed by atoms with van der Waals surface area (Å²) in [4.78, 5) is 25.1. The number of aromatic nitrogens is 1. The van der Waals surface area contributed by atoms with Gasteiger partial charge in [0, 0.05) is 31.7 Å². The molecule has 1 aromatic heterocycles. The fraction of sp³-hybridized carbons (Fsp3) is 0.480. The molecule has 0 aliphatic rings. The molecule has 1 atom stereocenters. The van der Waals surface area contributed by atoms with Crippen molar-refractivity contribution in [2.75, 3.05) is 27.4 Å². The number of carbonyl (C=O) groups is 2. The van der Waals surface area contributed by atoms with Gasteiger partial charge in [-0.1, -0.05) is 31.5 Å². The summed E-state index contributed by atoms with van der Waals surface area (Å²) in [5.41, 5.74) is 6.00. The number of aryl methyl sites for hydroxylation is 1. The van der Waals surface area contributed by atoms with Gasteiger partial charge >= 0.3 is 5.97 Å². The number of pyridine rings is 1. The summed E-state index contributed by atoms with van der Waals surface area (Å²) >= 11 is 0. The van der Waals surface area contributed by atoms with Gasteiger partial charge in [0.15, 0.2) is 17.2 Å². The van der Waals surface area contributed by atoms with Crippen molar-refractivity contribution in [3.8, 4) is 17.2 Å².